The normalized spacial score (nSPS) is 16.8. The highest BCUT2D eigenvalue weighted by molar-refractivity contribution is 5.92. The zero-order valence-corrected chi connectivity index (χ0v) is 22.0. The van der Waals surface area contributed by atoms with Crippen LogP contribution < -0.4 is 9.47 Å². The maximum Gasteiger partial charge on any atom is 0.241 e. The fraction of sp³-hybridized carbons (Fsp3) is 0.423. The summed E-state index contributed by atoms with van der Waals surface area (Å²) < 4.78 is 15.7. The van der Waals surface area contributed by atoms with E-state index in [1.54, 1.807) is 15.6 Å². The number of pyridine rings is 1. The largest absolute Gasteiger partial charge is 0.473 e. The van der Waals surface area contributed by atoms with Crippen molar-refractivity contribution in [3.05, 3.63) is 34.9 Å². The van der Waals surface area contributed by atoms with Crippen LogP contribution in [0.1, 0.15) is 36.5 Å². The summed E-state index contributed by atoms with van der Waals surface area (Å²) in [4.78, 5) is 6.93. The van der Waals surface area contributed by atoms with E-state index in [0.29, 0.717) is 31.4 Å². The minimum absolute atomic E-state index is 0.0798. The number of aryl methyl sites for hydroxylation is 2. The van der Waals surface area contributed by atoms with Crippen molar-refractivity contribution in [3.8, 4) is 29.1 Å². The number of hydrogen-bond acceptors (Lipinski definition) is 9. The smallest absolute Gasteiger partial charge is 0.241 e. The molecule has 5 rings (SSSR count). The van der Waals surface area contributed by atoms with Crippen molar-refractivity contribution in [2.75, 3.05) is 26.3 Å². The molecule has 0 amide bonds. The average molecular weight is 518 g/mol. The third-order valence-corrected chi connectivity index (χ3v) is 6.61. The maximum absolute atomic E-state index is 9.72. The summed E-state index contributed by atoms with van der Waals surface area (Å²) in [6.07, 6.45) is 5.41. The number of rotatable bonds is 5. The van der Waals surface area contributed by atoms with Crippen molar-refractivity contribution < 1.29 is 14.6 Å². The van der Waals surface area contributed by atoms with Gasteiger partial charge >= 0.3 is 0 Å². The maximum atomic E-state index is 9.72. The van der Waals surface area contributed by atoms with Crippen molar-refractivity contribution in [1.82, 2.24) is 39.6 Å². The minimum Gasteiger partial charge on any atom is -0.473 e. The highest BCUT2D eigenvalue weighted by atomic mass is 16.5. The number of hydrogen-bond donors (Lipinski definition) is 2. The summed E-state index contributed by atoms with van der Waals surface area (Å²) in [6, 6.07) is 4.00. The lowest BCUT2D eigenvalue weighted by atomic mass is 10.1. The van der Waals surface area contributed by atoms with E-state index >= 15 is 0 Å². The van der Waals surface area contributed by atoms with E-state index < -0.39 is 0 Å². The molecule has 0 aliphatic carbocycles. The first-order valence-corrected chi connectivity index (χ1v) is 12.6. The summed E-state index contributed by atoms with van der Waals surface area (Å²) in [5.74, 6) is 0.999. The Morgan fingerprint density at radius 3 is 2.92 bits per heavy atom. The number of nitrogens with one attached hydrogen (secondary N) is 1. The van der Waals surface area contributed by atoms with Gasteiger partial charge < -0.3 is 14.6 Å². The summed E-state index contributed by atoms with van der Waals surface area (Å²) in [6.45, 7) is 8.09. The van der Waals surface area contributed by atoms with E-state index in [0.717, 1.165) is 51.4 Å². The first-order chi connectivity index (χ1) is 18.4. The van der Waals surface area contributed by atoms with E-state index in [4.69, 9.17) is 14.7 Å². The van der Waals surface area contributed by atoms with Gasteiger partial charge in [-0.15, -0.1) is 5.10 Å². The average Bonchev–Trinajstić information content (AvgIpc) is 3.53. The fourth-order valence-corrected chi connectivity index (χ4v) is 4.85. The number of nitriles is 1. The van der Waals surface area contributed by atoms with E-state index in [9.17, 15) is 5.11 Å². The number of fused-ring (bicyclic) bond motifs is 4. The molecule has 2 N–H and O–H groups in total. The number of aliphatic hydroxyl groups excluding tert-OH is 1. The van der Waals surface area contributed by atoms with Gasteiger partial charge in [0.1, 0.15) is 12.2 Å². The van der Waals surface area contributed by atoms with Crippen molar-refractivity contribution in [2.24, 2.45) is 7.05 Å². The molecule has 0 saturated carbocycles. The van der Waals surface area contributed by atoms with Crippen LogP contribution in [0.15, 0.2) is 12.3 Å². The Kier molecular flexibility index (Phi) is 7.13. The van der Waals surface area contributed by atoms with E-state index in [-0.39, 0.29) is 19.3 Å². The Bertz CT molecular complexity index is 1520. The predicted molar refractivity (Wildman–Crippen MR) is 141 cm³/mol. The van der Waals surface area contributed by atoms with Crippen LogP contribution in [-0.4, -0.2) is 77.2 Å². The summed E-state index contributed by atoms with van der Waals surface area (Å²) >= 11 is 0. The molecule has 5 heterocycles. The number of ether oxygens (including phenoxy) is 2. The number of aliphatic hydroxyl groups is 1. The molecule has 2 bridgehead atoms. The number of aromatic nitrogens is 7. The molecule has 4 aromatic rings. The van der Waals surface area contributed by atoms with Gasteiger partial charge in [-0.25, -0.2) is 4.68 Å². The molecule has 0 saturated heterocycles. The van der Waals surface area contributed by atoms with Crippen LogP contribution in [0.4, 0.5) is 0 Å². The number of likely N-dealkylation sites (N-methyl/N-ethyl adjacent to an activating group) is 1. The van der Waals surface area contributed by atoms with Crippen molar-refractivity contribution in [1.29, 1.82) is 5.26 Å². The molecule has 1 aliphatic rings. The molecule has 0 aromatic carbocycles. The quantitative estimate of drug-likeness (QED) is 0.408. The Morgan fingerprint density at radius 1 is 1.32 bits per heavy atom. The van der Waals surface area contributed by atoms with E-state index in [1.807, 2.05) is 45.2 Å². The summed E-state index contributed by atoms with van der Waals surface area (Å²) in [5.41, 5.74) is 5.55. The van der Waals surface area contributed by atoms with Gasteiger partial charge in [-0.05, 0) is 38.6 Å². The Balaban J connectivity index is 1.71. The molecular formula is C26H31N9O3. The lowest BCUT2D eigenvalue weighted by molar-refractivity contribution is 0.133. The monoisotopic (exact) mass is 517 g/mol. The van der Waals surface area contributed by atoms with Gasteiger partial charge in [-0.1, -0.05) is 6.92 Å². The second kappa shape index (κ2) is 10.6. The topological polar surface area (TPSA) is 143 Å². The molecule has 4 aromatic heterocycles. The second-order valence-electron chi connectivity index (χ2n) is 9.26. The summed E-state index contributed by atoms with van der Waals surface area (Å²) in [5, 5.41) is 36.5. The molecule has 0 unspecified atom stereocenters. The number of H-pyrrole nitrogens is 1. The number of nitrogens with zero attached hydrogens (tertiary/aromatic N) is 8. The van der Waals surface area contributed by atoms with Crippen LogP contribution in [-0.2, 0) is 20.1 Å². The molecule has 38 heavy (non-hydrogen) atoms. The molecule has 12 heteroatoms. The third kappa shape index (κ3) is 4.73. The molecule has 1 aliphatic heterocycles. The Hall–Kier alpha value is -4.21. The van der Waals surface area contributed by atoms with Gasteiger partial charge in [-0.3, -0.25) is 19.7 Å². The summed E-state index contributed by atoms with van der Waals surface area (Å²) in [7, 11) is 1.87. The van der Waals surface area contributed by atoms with E-state index in [2.05, 4.69) is 37.2 Å². The minimum atomic E-state index is -0.163. The highest BCUT2D eigenvalue weighted by Crippen LogP contribution is 2.35. The van der Waals surface area contributed by atoms with Crippen LogP contribution >= 0.6 is 0 Å². The van der Waals surface area contributed by atoms with Crippen LogP contribution in [0, 0.1) is 18.3 Å². The van der Waals surface area contributed by atoms with Gasteiger partial charge in [0, 0.05) is 25.5 Å². The highest BCUT2D eigenvalue weighted by Gasteiger charge is 2.24. The molecular weight excluding hydrogens is 486 g/mol. The SMILES string of the molecule is CCN1Cc2c(c(OCC#N)nn2CCO)/C=C/c2n[nH]c3cnc(cc23)-c2c(C)nn(C)c2O[C@H](C)C1. The molecule has 0 spiro atoms. The predicted octanol–water partition coefficient (Wildman–Crippen LogP) is 2.53. The number of aromatic amines is 1. The second-order valence-corrected chi connectivity index (χ2v) is 9.26. The Morgan fingerprint density at radius 2 is 2.16 bits per heavy atom. The van der Waals surface area contributed by atoms with Gasteiger partial charge in [-0.2, -0.15) is 15.5 Å². The zero-order chi connectivity index (χ0) is 26.8. The van der Waals surface area contributed by atoms with Crippen LogP contribution in [0.25, 0.3) is 34.3 Å². The van der Waals surface area contributed by atoms with Crippen molar-refractivity contribution in [2.45, 2.75) is 40.0 Å². The Labute approximate surface area is 220 Å². The fourth-order valence-electron chi connectivity index (χ4n) is 4.85. The van der Waals surface area contributed by atoms with E-state index in [1.165, 1.54) is 0 Å². The van der Waals surface area contributed by atoms with Crippen molar-refractivity contribution >= 4 is 23.1 Å². The van der Waals surface area contributed by atoms with Gasteiger partial charge in [0.25, 0.3) is 0 Å². The zero-order valence-electron chi connectivity index (χ0n) is 22.0. The molecule has 0 radical (unpaired) electrons. The van der Waals surface area contributed by atoms with Gasteiger partial charge in [0.05, 0.1) is 58.8 Å². The lowest BCUT2D eigenvalue weighted by Gasteiger charge is -2.25. The van der Waals surface area contributed by atoms with Crippen LogP contribution in [0.5, 0.6) is 11.8 Å². The molecule has 1 atom stereocenters. The van der Waals surface area contributed by atoms with Crippen molar-refractivity contribution in [3.63, 3.8) is 0 Å². The molecule has 12 nitrogen and oxygen atoms in total. The molecule has 198 valence electrons. The molecule has 0 fully saturated rings. The van der Waals surface area contributed by atoms with Crippen LogP contribution in [0.3, 0.4) is 0 Å². The standard InChI is InChI=1S/C26H31N9O3/c1-5-34-14-16(2)38-26-24(17(3)31-33(26)4)21-12-19-20(29-30-22(19)13-28-21)7-6-18-23(15-34)35(9-10-36)32-25(18)37-11-8-27/h6-7,12-13,16,36H,5,9-11,14-15H2,1-4H3,(H,29,30)/b7-6+/t16-/m1/s1. The first kappa shape index (κ1) is 25.4. The lowest BCUT2D eigenvalue weighted by Crippen LogP contribution is -2.34. The van der Waals surface area contributed by atoms with Gasteiger partial charge in [0.15, 0.2) is 6.61 Å². The third-order valence-electron chi connectivity index (χ3n) is 6.61. The van der Waals surface area contributed by atoms with Crippen LogP contribution in [0.2, 0.25) is 0 Å². The van der Waals surface area contributed by atoms with Gasteiger partial charge in [0.2, 0.25) is 11.8 Å². The first-order valence-electron chi connectivity index (χ1n) is 12.6.